The van der Waals surface area contributed by atoms with Crippen LogP contribution in [0.2, 0.25) is 0 Å². The van der Waals surface area contributed by atoms with Gasteiger partial charge in [0, 0.05) is 0 Å². The number of nitrogens with zero attached hydrogens (tertiary/aromatic N) is 4. The second-order valence-electron chi connectivity index (χ2n) is 1.11. The van der Waals surface area contributed by atoms with Gasteiger partial charge in [-0.1, -0.05) is 16.9 Å². The van der Waals surface area contributed by atoms with E-state index in [1.54, 1.807) is 0 Å². The lowest BCUT2D eigenvalue weighted by molar-refractivity contribution is 0.716. The van der Waals surface area contributed by atoms with Gasteiger partial charge in [0.15, 0.2) is 0 Å². The molecule has 0 unspecified atom stereocenters. The van der Waals surface area contributed by atoms with Gasteiger partial charge in [-0.05, 0) is 16.7 Å². The number of tetrazole rings is 1. The van der Waals surface area contributed by atoms with Gasteiger partial charge in [0.25, 0.3) is 0 Å². The minimum absolute atomic E-state index is 0.616. The molecule has 0 radical (unpaired) electrons. The summed E-state index contributed by atoms with van der Waals surface area (Å²) in [7, 11) is 0. The SMILES string of the molecule is CSc1nnnn1N. The maximum Gasteiger partial charge on any atom is 0.230 e. The predicted molar refractivity (Wildman–Crippen MR) is 29.7 cm³/mol. The molecule has 5 nitrogen and oxygen atoms in total. The van der Waals surface area contributed by atoms with Gasteiger partial charge in [-0.3, -0.25) is 0 Å². The molecular weight excluding hydrogens is 126 g/mol. The van der Waals surface area contributed by atoms with Crippen molar-refractivity contribution in [2.45, 2.75) is 5.16 Å². The summed E-state index contributed by atoms with van der Waals surface area (Å²) < 4.78 is 0. The van der Waals surface area contributed by atoms with E-state index < -0.39 is 0 Å². The van der Waals surface area contributed by atoms with Gasteiger partial charge in [0.05, 0.1) is 0 Å². The standard InChI is InChI=1S/C2H5N5S/c1-8-2-4-5-6-7(2)3/h3H2,1H3. The molecule has 0 aliphatic rings. The third kappa shape index (κ3) is 0.738. The Hall–Kier alpha value is -0.780. The third-order valence-electron chi connectivity index (χ3n) is 0.645. The summed E-state index contributed by atoms with van der Waals surface area (Å²) in [5, 5.41) is 10.9. The molecule has 0 fully saturated rings. The molecule has 1 heterocycles. The molecule has 0 saturated heterocycles. The second-order valence-corrected chi connectivity index (χ2v) is 1.88. The fraction of sp³-hybridized carbons (Fsp3) is 0.500. The zero-order valence-corrected chi connectivity index (χ0v) is 5.09. The number of aromatic nitrogens is 4. The predicted octanol–water partition coefficient (Wildman–Crippen LogP) is -0.891. The molecule has 0 spiro atoms. The molecule has 0 aliphatic carbocycles. The van der Waals surface area contributed by atoms with Crippen molar-refractivity contribution in [3.05, 3.63) is 0 Å². The van der Waals surface area contributed by atoms with Gasteiger partial charge >= 0.3 is 0 Å². The van der Waals surface area contributed by atoms with Crippen molar-refractivity contribution in [3.8, 4) is 0 Å². The van der Waals surface area contributed by atoms with Crippen LogP contribution in [0.1, 0.15) is 0 Å². The average Bonchev–Trinajstić information content (AvgIpc) is 2.14. The highest BCUT2D eigenvalue weighted by molar-refractivity contribution is 7.98. The van der Waals surface area contributed by atoms with Crippen LogP contribution in [0.4, 0.5) is 0 Å². The summed E-state index contributed by atoms with van der Waals surface area (Å²) in [5.74, 6) is 5.21. The van der Waals surface area contributed by atoms with Gasteiger partial charge in [0.2, 0.25) is 5.16 Å². The smallest absolute Gasteiger partial charge is 0.230 e. The topological polar surface area (TPSA) is 69.6 Å². The molecule has 0 saturated carbocycles. The minimum atomic E-state index is 0.616. The van der Waals surface area contributed by atoms with Crippen LogP contribution in [-0.2, 0) is 0 Å². The van der Waals surface area contributed by atoms with Crippen LogP contribution in [0.3, 0.4) is 0 Å². The number of thioether (sulfide) groups is 1. The molecule has 0 atom stereocenters. The van der Waals surface area contributed by atoms with Crippen molar-refractivity contribution < 1.29 is 0 Å². The van der Waals surface area contributed by atoms with Crippen LogP contribution in [0.15, 0.2) is 5.16 Å². The van der Waals surface area contributed by atoms with E-state index in [-0.39, 0.29) is 0 Å². The number of hydrogen-bond acceptors (Lipinski definition) is 5. The summed E-state index contributed by atoms with van der Waals surface area (Å²) in [6, 6.07) is 0. The van der Waals surface area contributed by atoms with Gasteiger partial charge < -0.3 is 5.84 Å². The maximum atomic E-state index is 5.21. The van der Waals surface area contributed by atoms with Gasteiger partial charge in [-0.25, -0.2) is 0 Å². The second kappa shape index (κ2) is 1.99. The van der Waals surface area contributed by atoms with E-state index in [1.165, 1.54) is 11.8 Å². The summed E-state index contributed by atoms with van der Waals surface area (Å²) in [6.07, 6.45) is 1.86. The highest BCUT2D eigenvalue weighted by Crippen LogP contribution is 2.03. The molecule has 0 aromatic carbocycles. The molecule has 44 valence electrons. The first-order valence-electron chi connectivity index (χ1n) is 1.92. The van der Waals surface area contributed by atoms with E-state index in [0.29, 0.717) is 5.16 Å². The van der Waals surface area contributed by atoms with Crippen LogP contribution < -0.4 is 5.84 Å². The van der Waals surface area contributed by atoms with E-state index in [0.717, 1.165) is 4.79 Å². The van der Waals surface area contributed by atoms with Crippen LogP contribution >= 0.6 is 11.8 Å². The highest BCUT2D eigenvalue weighted by Gasteiger charge is 1.96. The van der Waals surface area contributed by atoms with Crippen LogP contribution in [0, 0.1) is 0 Å². The maximum absolute atomic E-state index is 5.21. The quantitative estimate of drug-likeness (QED) is 0.395. The molecule has 0 bridgehead atoms. The van der Waals surface area contributed by atoms with Crippen LogP contribution in [-0.4, -0.2) is 26.6 Å². The summed E-state index contributed by atoms with van der Waals surface area (Å²) in [4.78, 5) is 1.13. The Kier molecular flexibility index (Phi) is 1.34. The molecule has 1 rings (SSSR count). The molecule has 6 heteroatoms. The molecule has 1 aromatic heterocycles. The van der Waals surface area contributed by atoms with Crippen LogP contribution in [0.5, 0.6) is 0 Å². The Labute approximate surface area is 50.2 Å². The molecule has 0 amide bonds. The number of rotatable bonds is 1. The third-order valence-corrected chi connectivity index (χ3v) is 1.28. The summed E-state index contributed by atoms with van der Waals surface area (Å²) in [6.45, 7) is 0. The first kappa shape index (κ1) is 5.36. The van der Waals surface area contributed by atoms with E-state index in [9.17, 15) is 0 Å². The first-order valence-corrected chi connectivity index (χ1v) is 3.14. The summed E-state index contributed by atoms with van der Waals surface area (Å²) in [5.41, 5.74) is 0. The Morgan fingerprint density at radius 1 is 1.75 bits per heavy atom. The Morgan fingerprint density at radius 2 is 2.50 bits per heavy atom. The molecule has 2 N–H and O–H groups in total. The molecule has 0 aliphatic heterocycles. The van der Waals surface area contributed by atoms with Crippen molar-refractivity contribution in [2.24, 2.45) is 0 Å². The van der Waals surface area contributed by atoms with E-state index in [1.807, 2.05) is 6.26 Å². The largest absolute Gasteiger partial charge is 0.319 e. The first-order chi connectivity index (χ1) is 3.84. The highest BCUT2D eigenvalue weighted by atomic mass is 32.2. The van der Waals surface area contributed by atoms with E-state index in [4.69, 9.17) is 5.84 Å². The van der Waals surface area contributed by atoms with Crippen molar-refractivity contribution in [3.63, 3.8) is 0 Å². The lowest BCUT2D eigenvalue weighted by Crippen LogP contribution is -2.11. The van der Waals surface area contributed by atoms with Gasteiger partial charge in [-0.15, -0.1) is 4.79 Å². The minimum Gasteiger partial charge on any atom is -0.319 e. The Bertz CT molecular complexity index is 171. The lowest BCUT2D eigenvalue weighted by atomic mass is 11.4. The Balaban J connectivity index is 2.92. The van der Waals surface area contributed by atoms with E-state index >= 15 is 0 Å². The fourth-order valence-electron chi connectivity index (χ4n) is 0.320. The van der Waals surface area contributed by atoms with Crippen molar-refractivity contribution in [1.82, 2.24) is 20.3 Å². The molecular formula is C2H5N5S. The Morgan fingerprint density at radius 3 is 2.75 bits per heavy atom. The zero-order valence-electron chi connectivity index (χ0n) is 4.27. The zero-order chi connectivity index (χ0) is 5.98. The van der Waals surface area contributed by atoms with Crippen molar-refractivity contribution >= 4 is 11.8 Å². The molecule has 8 heavy (non-hydrogen) atoms. The fourth-order valence-corrected chi connectivity index (χ4v) is 0.662. The van der Waals surface area contributed by atoms with Gasteiger partial charge in [0.1, 0.15) is 0 Å². The summed E-state index contributed by atoms with van der Waals surface area (Å²) >= 11 is 1.40. The normalized spacial score (nSPS) is 9.62. The number of nitrogens with two attached hydrogens (primary N) is 1. The number of hydrogen-bond donors (Lipinski definition) is 1. The van der Waals surface area contributed by atoms with Crippen molar-refractivity contribution in [2.75, 3.05) is 12.1 Å². The van der Waals surface area contributed by atoms with Gasteiger partial charge in [-0.2, -0.15) is 0 Å². The number of nitrogen functional groups attached to an aromatic ring is 1. The van der Waals surface area contributed by atoms with Crippen molar-refractivity contribution in [1.29, 1.82) is 0 Å². The average molecular weight is 131 g/mol. The monoisotopic (exact) mass is 131 g/mol. The lowest BCUT2D eigenvalue weighted by Gasteiger charge is -1.87. The van der Waals surface area contributed by atoms with E-state index in [2.05, 4.69) is 15.5 Å². The van der Waals surface area contributed by atoms with Crippen LogP contribution in [0.25, 0.3) is 0 Å². The molecule has 1 aromatic rings.